The molecule has 0 bridgehead atoms. The van der Waals surface area contributed by atoms with E-state index in [0.717, 1.165) is 30.3 Å². The average molecular weight is 329 g/mol. The van der Waals surface area contributed by atoms with Gasteiger partial charge in [-0.3, -0.25) is 10.7 Å². The summed E-state index contributed by atoms with van der Waals surface area (Å²) in [5.41, 5.74) is 0.526. The van der Waals surface area contributed by atoms with Crippen molar-refractivity contribution >= 4 is 23.1 Å². The Kier molecular flexibility index (Phi) is 4.70. The summed E-state index contributed by atoms with van der Waals surface area (Å²) >= 11 is 0. The first-order chi connectivity index (χ1) is 10.8. The van der Waals surface area contributed by atoms with E-state index in [1.54, 1.807) is 5.48 Å². The SMILES string of the molecule is O=C(Nc1cccc(C(F)(F)F)c1)Nc1ccc(F)c(NO)c1. The molecule has 0 aliphatic carbocycles. The molecule has 2 rings (SSSR count). The van der Waals surface area contributed by atoms with Gasteiger partial charge in [-0.05, 0) is 36.4 Å². The van der Waals surface area contributed by atoms with Crippen LogP contribution in [0.3, 0.4) is 0 Å². The highest BCUT2D eigenvalue weighted by Crippen LogP contribution is 2.30. The third-order valence-corrected chi connectivity index (χ3v) is 2.79. The van der Waals surface area contributed by atoms with Crippen LogP contribution in [0, 0.1) is 5.82 Å². The van der Waals surface area contributed by atoms with Crippen LogP contribution in [0.15, 0.2) is 42.5 Å². The molecule has 0 aliphatic heterocycles. The first-order valence-corrected chi connectivity index (χ1v) is 6.24. The van der Waals surface area contributed by atoms with Crippen LogP contribution in [0.4, 0.5) is 39.4 Å². The molecule has 0 aliphatic rings. The number of rotatable bonds is 3. The molecule has 2 amide bonds. The van der Waals surface area contributed by atoms with E-state index in [2.05, 4.69) is 10.6 Å². The molecular formula is C14H11F4N3O2. The Bertz CT molecular complexity index is 719. The van der Waals surface area contributed by atoms with E-state index >= 15 is 0 Å². The van der Waals surface area contributed by atoms with Gasteiger partial charge in [-0.1, -0.05) is 6.07 Å². The predicted octanol–water partition coefficient (Wildman–Crippen LogP) is 4.29. The van der Waals surface area contributed by atoms with Gasteiger partial charge in [0.05, 0.1) is 11.3 Å². The Morgan fingerprint density at radius 2 is 1.65 bits per heavy atom. The average Bonchev–Trinajstić information content (AvgIpc) is 2.48. The van der Waals surface area contributed by atoms with Crippen LogP contribution in [0.1, 0.15) is 5.56 Å². The van der Waals surface area contributed by atoms with Gasteiger partial charge < -0.3 is 10.6 Å². The van der Waals surface area contributed by atoms with Gasteiger partial charge in [-0.15, -0.1) is 0 Å². The van der Waals surface area contributed by atoms with E-state index in [4.69, 9.17) is 5.21 Å². The smallest absolute Gasteiger partial charge is 0.308 e. The van der Waals surface area contributed by atoms with Crippen molar-refractivity contribution in [2.75, 3.05) is 16.1 Å². The fraction of sp³-hybridized carbons (Fsp3) is 0.0714. The molecule has 0 aromatic heterocycles. The molecule has 0 unspecified atom stereocenters. The van der Waals surface area contributed by atoms with Crippen LogP contribution in [0.5, 0.6) is 0 Å². The number of alkyl halides is 3. The zero-order valence-electron chi connectivity index (χ0n) is 11.4. The molecule has 2 aromatic rings. The minimum Gasteiger partial charge on any atom is -0.308 e. The summed E-state index contributed by atoms with van der Waals surface area (Å²) in [5.74, 6) is -0.740. The van der Waals surface area contributed by atoms with E-state index in [9.17, 15) is 22.4 Å². The van der Waals surface area contributed by atoms with Crippen LogP contribution in [-0.2, 0) is 6.18 Å². The predicted molar refractivity (Wildman–Crippen MR) is 75.9 cm³/mol. The second kappa shape index (κ2) is 6.53. The maximum Gasteiger partial charge on any atom is 0.416 e. The molecule has 0 atom stereocenters. The maximum atomic E-state index is 13.2. The minimum atomic E-state index is -4.52. The molecule has 0 heterocycles. The van der Waals surface area contributed by atoms with Crippen molar-refractivity contribution in [1.29, 1.82) is 0 Å². The van der Waals surface area contributed by atoms with Gasteiger partial charge in [0.15, 0.2) is 0 Å². The fourth-order valence-electron chi connectivity index (χ4n) is 1.76. The molecule has 4 N–H and O–H groups in total. The standard InChI is InChI=1S/C14H11F4N3O2/c15-11-5-4-10(7-12(11)21-23)20-13(22)19-9-3-1-2-8(6-9)14(16,17)18/h1-7,21,23H,(H2,19,20,22). The van der Waals surface area contributed by atoms with Gasteiger partial charge >= 0.3 is 12.2 Å². The number of nitrogens with one attached hydrogen (secondary N) is 3. The van der Waals surface area contributed by atoms with E-state index < -0.39 is 23.6 Å². The highest BCUT2D eigenvalue weighted by atomic mass is 19.4. The topological polar surface area (TPSA) is 73.4 Å². The highest BCUT2D eigenvalue weighted by Gasteiger charge is 2.30. The van der Waals surface area contributed by atoms with Crippen LogP contribution >= 0.6 is 0 Å². The molecule has 0 radical (unpaired) electrons. The molecular weight excluding hydrogens is 318 g/mol. The van der Waals surface area contributed by atoms with Crippen LogP contribution in [-0.4, -0.2) is 11.2 Å². The highest BCUT2D eigenvalue weighted by molar-refractivity contribution is 6.00. The number of hydrogen-bond donors (Lipinski definition) is 4. The van der Waals surface area contributed by atoms with E-state index in [1.165, 1.54) is 12.1 Å². The van der Waals surface area contributed by atoms with Crippen molar-refractivity contribution in [2.45, 2.75) is 6.18 Å². The first-order valence-electron chi connectivity index (χ1n) is 6.24. The molecule has 0 spiro atoms. The van der Waals surface area contributed by atoms with Gasteiger partial charge in [0, 0.05) is 11.4 Å². The lowest BCUT2D eigenvalue weighted by Gasteiger charge is -2.11. The molecule has 5 nitrogen and oxygen atoms in total. The number of carbonyl (C=O) groups is 1. The van der Waals surface area contributed by atoms with Gasteiger partial charge in [-0.25, -0.2) is 9.18 Å². The van der Waals surface area contributed by atoms with Crippen LogP contribution < -0.4 is 16.1 Å². The van der Waals surface area contributed by atoms with Gasteiger partial charge in [-0.2, -0.15) is 13.2 Å². The van der Waals surface area contributed by atoms with Crippen LogP contribution in [0.25, 0.3) is 0 Å². The second-order valence-electron chi connectivity index (χ2n) is 4.46. The second-order valence-corrected chi connectivity index (χ2v) is 4.46. The van der Waals surface area contributed by atoms with Crippen molar-refractivity contribution in [3.8, 4) is 0 Å². The normalized spacial score (nSPS) is 11.0. The maximum absolute atomic E-state index is 13.2. The summed E-state index contributed by atoms with van der Waals surface area (Å²) < 4.78 is 50.9. The number of benzene rings is 2. The molecule has 0 saturated carbocycles. The Morgan fingerprint density at radius 3 is 2.26 bits per heavy atom. The molecule has 9 heteroatoms. The Morgan fingerprint density at radius 1 is 1.00 bits per heavy atom. The largest absolute Gasteiger partial charge is 0.416 e. The lowest BCUT2D eigenvalue weighted by atomic mass is 10.2. The molecule has 122 valence electrons. The van der Waals surface area contributed by atoms with Gasteiger partial charge in [0.2, 0.25) is 0 Å². The van der Waals surface area contributed by atoms with Crippen molar-refractivity contribution < 1.29 is 27.6 Å². The van der Waals surface area contributed by atoms with Gasteiger partial charge in [0.1, 0.15) is 5.82 Å². The molecule has 2 aromatic carbocycles. The summed E-state index contributed by atoms with van der Waals surface area (Å²) in [5, 5.41) is 13.2. The van der Waals surface area contributed by atoms with Crippen molar-refractivity contribution in [3.63, 3.8) is 0 Å². The summed E-state index contributed by atoms with van der Waals surface area (Å²) in [4.78, 5) is 11.7. The third-order valence-electron chi connectivity index (χ3n) is 2.79. The quantitative estimate of drug-likeness (QED) is 0.501. The van der Waals surface area contributed by atoms with Crippen molar-refractivity contribution in [3.05, 3.63) is 53.8 Å². The number of halogens is 4. The number of amides is 2. The van der Waals surface area contributed by atoms with Crippen molar-refractivity contribution in [2.24, 2.45) is 0 Å². The monoisotopic (exact) mass is 329 g/mol. The zero-order chi connectivity index (χ0) is 17.0. The lowest BCUT2D eigenvalue weighted by Crippen LogP contribution is -2.20. The summed E-state index contributed by atoms with van der Waals surface area (Å²) in [6.07, 6.45) is -4.52. The summed E-state index contributed by atoms with van der Waals surface area (Å²) in [6, 6.07) is 6.62. The zero-order valence-corrected chi connectivity index (χ0v) is 11.4. The Hall–Kier alpha value is -2.81. The summed E-state index contributed by atoms with van der Waals surface area (Å²) in [7, 11) is 0. The fourth-order valence-corrected chi connectivity index (χ4v) is 1.76. The Labute approximate surface area is 127 Å². The summed E-state index contributed by atoms with van der Waals surface area (Å²) in [6.45, 7) is 0. The Balaban J connectivity index is 2.08. The van der Waals surface area contributed by atoms with Crippen molar-refractivity contribution in [1.82, 2.24) is 0 Å². The van der Waals surface area contributed by atoms with E-state index in [1.807, 2.05) is 0 Å². The number of urea groups is 1. The van der Waals surface area contributed by atoms with E-state index in [-0.39, 0.29) is 17.1 Å². The lowest BCUT2D eigenvalue weighted by molar-refractivity contribution is -0.137. The van der Waals surface area contributed by atoms with Crippen LogP contribution in [0.2, 0.25) is 0 Å². The molecule has 0 fully saturated rings. The number of hydrogen-bond acceptors (Lipinski definition) is 3. The third kappa shape index (κ3) is 4.33. The molecule has 0 saturated heterocycles. The minimum absolute atomic E-state index is 0.0556. The molecule has 23 heavy (non-hydrogen) atoms. The number of carbonyl (C=O) groups excluding carboxylic acids is 1. The van der Waals surface area contributed by atoms with Gasteiger partial charge in [0.25, 0.3) is 0 Å². The van der Waals surface area contributed by atoms with E-state index in [0.29, 0.717) is 0 Å². The first kappa shape index (κ1) is 16.6. The number of anilines is 3.